The molecule has 0 saturated carbocycles. The van der Waals surface area contributed by atoms with Crippen LogP contribution < -0.4 is 5.32 Å². The van der Waals surface area contributed by atoms with Gasteiger partial charge in [-0.3, -0.25) is 4.79 Å². The Morgan fingerprint density at radius 3 is 2.83 bits per heavy atom. The molecule has 12 heavy (non-hydrogen) atoms. The van der Waals surface area contributed by atoms with Crippen molar-refractivity contribution in [1.29, 1.82) is 0 Å². The molecule has 0 heterocycles. The lowest BCUT2D eigenvalue weighted by Gasteiger charge is -2.04. The molecule has 0 aliphatic rings. The Kier molecular flexibility index (Phi) is 3.12. The molecule has 2 nitrogen and oxygen atoms in total. The summed E-state index contributed by atoms with van der Waals surface area (Å²) in [5.41, 5.74) is 0.624. The number of hydrogen-bond donors (Lipinski definition) is 1. The van der Waals surface area contributed by atoms with Crippen LogP contribution in [0.1, 0.15) is 6.92 Å². The van der Waals surface area contributed by atoms with Gasteiger partial charge < -0.3 is 5.32 Å². The number of halogens is 2. The van der Waals surface area contributed by atoms with Crippen LogP contribution in [0.5, 0.6) is 0 Å². The number of benzene rings is 1. The van der Waals surface area contributed by atoms with Crippen molar-refractivity contribution in [2.75, 3.05) is 5.32 Å². The van der Waals surface area contributed by atoms with Gasteiger partial charge in [0.05, 0.1) is 10.7 Å². The molecule has 0 aliphatic heterocycles. The van der Waals surface area contributed by atoms with Gasteiger partial charge in [0.2, 0.25) is 5.91 Å². The number of anilines is 1. The molecule has 1 amide bonds. The zero-order valence-corrected chi connectivity index (χ0v) is 8.74. The average molecular weight is 249 g/mol. The van der Waals surface area contributed by atoms with E-state index < -0.39 is 0 Å². The zero-order valence-electron chi connectivity index (χ0n) is 6.40. The summed E-state index contributed by atoms with van der Waals surface area (Å²) in [4.78, 5) is 10.7. The van der Waals surface area contributed by atoms with E-state index in [0.29, 0.717) is 10.7 Å². The van der Waals surface area contributed by atoms with Gasteiger partial charge >= 0.3 is 0 Å². The minimum atomic E-state index is -0.130. The van der Waals surface area contributed by atoms with E-state index in [2.05, 4.69) is 21.2 Å². The third kappa shape index (κ3) is 2.50. The summed E-state index contributed by atoms with van der Waals surface area (Å²) in [6, 6.07) is 5.29. The molecule has 64 valence electrons. The summed E-state index contributed by atoms with van der Waals surface area (Å²) in [6.45, 7) is 1.44. The summed E-state index contributed by atoms with van der Waals surface area (Å²) in [7, 11) is 0. The normalized spacial score (nSPS) is 9.58. The Hall–Kier alpha value is -0.540. The highest BCUT2D eigenvalue weighted by atomic mass is 79.9. The predicted molar refractivity (Wildman–Crippen MR) is 53.5 cm³/mol. The fourth-order valence-electron chi connectivity index (χ4n) is 0.783. The molecule has 0 bridgehead atoms. The van der Waals surface area contributed by atoms with E-state index in [4.69, 9.17) is 11.6 Å². The van der Waals surface area contributed by atoms with E-state index in [0.717, 1.165) is 4.47 Å². The molecule has 0 aromatic heterocycles. The van der Waals surface area contributed by atoms with Crippen molar-refractivity contribution in [1.82, 2.24) is 0 Å². The average Bonchev–Trinajstić information content (AvgIpc) is 1.96. The summed E-state index contributed by atoms with van der Waals surface area (Å²) in [6.07, 6.45) is 0. The molecule has 1 N–H and O–H groups in total. The molecule has 0 spiro atoms. The first kappa shape index (κ1) is 9.55. The fourth-order valence-corrected chi connectivity index (χ4v) is 1.31. The van der Waals surface area contributed by atoms with E-state index in [1.54, 1.807) is 12.1 Å². The smallest absolute Gasteiger partial charge is 0.221 e. The first-order valence-corrected chi connectivity index (χ1v) is 4.49. The second-order valence-corrected chi connectivity index (χ2v) is 3.63. The molecular formula is C8H7BrClNO. The molecule has 4 heteroatoms. The second kappa shape index (κ2) is 3.92. The second-order valence-electron chi connectivity index (χ2n) is 2.31. The summed E-state index contributed by atoms with van der Waals surface area (Å²) >= 11 is 9.08. The van der Waals surface area contributed by atoms with E-state index in [1.165, 1.54) is 6.92 Å². The predicted octanol–water partition coefficient (Wildman–Crippen LogP) is 3.06. The highest BCUT2D eigenvalue weighted by Gasteiger charge is 2.01. The molecule has 0 saturated heterocycles. The number of hydrogen-bond acceptors (Lipinski definition) is 1. The van der Waals surface area contributed by atoms with Crippen LogP contribution in [-0.4, -0.2) is 5.91 Å². The van der Waals surface area contributed by atoms with Gasteiger partial charge in [0.1, 0.15) is 0 Å². The van der Waals surface area contributed by atoms with Crippen LogP contribution in [-0.2, 0) is 4.79 Å². The van der Waals surface area contributed by atoms with Crippen molar-refractivity contribution in [3.8, 4) is 0 Å². The van der Waals surface area contributed by atoms with Gasteiger partial charge in [0.15, 0.2) is 0 Å². The molecule has 0 unspecified atom stereocenters. The third-order valence-electron chi connectivity index (χ3n) is 1.24. The van der Waals surface area contributed by atoms with Gasteiger partial charge in [-0.15, -0.1) is 0 Å². The van der Waals surface area contributed by atoms with Crippen LogP contribution in [0.25, 0.3) is 0 Å². The van der Waals surface area contributed by atoms with Crippen LogP contribution in [0.15, 0.2) is 22.7 Å². The first-order chi connectivity index (χ1) is 5.59. The zero-order chi connectivity index (χ0) is 9.14. The SMILES string of the molecule is CC(=O)Nc1cc(Br)ccc1Cl. The number of carbonyl (C=O) groups excluding carboxylic acids is 1. The molecule has 1 aromatic rings. The summed E-state index contributed by atoms with van der Waals surface area (Å²) in [5.74, 6) is -0.130. The van der Waals surface area contributed by atoms with Crippen LogP contribution in [0.4, 0.5) is 5.69 Å². The van der Waals surface area contributed by atoms with Gasteiger partial charge in [-0.1, -0.05) is 27.5 Å². The maximum Gasteiger partial charge on any atom is 0.221 e. The lowest BCUT2D eigenvalue weighted by Crippen LogP contribution is -2.05. The molecule has 0 aliphatic carbocycles. The van der Waals surface area contributed by atoms with Gasteiger partial charge in [-0.05, 0) is 18.2 Å². The molecular weight excluding hydrogens is 241 g/mol. The fraction of sp³-hybridized carbons (Fsp3) is 0.125. The molecule has 0 fully saturated rings. The summed E-state index contributed by atoms with van der Waals surface area (Å²) in [5, 5.41) is 3.15. The minimum absolute atomic E-state index is 0.130. The molecule has 1 aromatic carbocycles. The van der Waals surface area contributed by atoms with Gasteiger partial charge in [0, 0.05) is 11.4 Å². The third-order valence-corrected chi connectivity index (χ3v) is 2.06. The van der Waals surface area contributed by atoms with E-state index in [-0.39, 0.29) is 5.91 Å². The van der Waals surface area contributed by atoms with Crippen molar-refractivity contribution in [2.45, 2.75) is 6.92 Å². The minimum Gasteiger partial charge on any atom is -0.325 e. The first-order valence-electron chi connectivity index (χ1n) is 3.32. The maximum absolute atomic E-state index is 10.7. The Bertz CT molecular complexity index is 314. The van der Waals surface area contributed by atoms with Crippen molar-refractivity contribution in [3.05, 3.63) is 27.7 Å². The quantitative estimate of drug-likeness (QED) is 0.813. The maximum atomic E-state index is 10.7. The van der Waals surface area contributed by atoms with Crippen molar-refractivity contribution < 1.29 is 4.79 Å². The number of rotatable bonds is 1. The number of nitrogens with one attached hydrogen (secondary N) is 1. The number of amides is 1. The lowest BCUT2D eigenvalue weighted by molar-refractivity contribution is -0.114. The Morgan fingerprint density at radius 2 is 2.25 bits per heavy atom. The van der Waals surface area contributed by atoms with Crippen molar-refractivity contribution in [3.63, 3.8) is 0 Å². The topological polar surface area (TPSA) is 29.1 Å². The largest absolute Gasteiger partial charge is 0.325 e. The summed E-state index contributed by atoms with van der Waals surface area (Å²) < 4.78 is 0.885. The van der Waals surface area contributed by atoms with Gasteiger partial charge in [0.25, 0.3) is 0 Å². The van der Waals surface area contributed by atoms with E-state index in [1.807, 2.05) is 6.07 Å². The Balaban J connectivity index is 2.97. The van der Waals surface area contributed by atoms with Crippen molar-refractivity contribution >= 4 is 39.1 Å². The molecule has 0 radical (unpaired) electrons. The standard InChI is InChI=1S/C8H7BrClNO/c1-5(12)11-8-4-6(9)2-3-7(8)10/h2-4H,1H3,(H,11,12). The van der Waals surface area contributed by atoms with E-state index in [9.17, 15) is 4.79 Å². The van der Waals surface area contributed by atoms with Crippen molar-refractivity contribution in [2.24, 2.45) is 0 Å². The highest BCUT2D eigenvalue weighted by Crippen LogP contribution is 2.25. The van der Waals surface area contributed by atoms with Gasteiger partial charge in [-0.25, -0.2) is 0 Å². The molecule has 0 atom stereocenters. The lowest BCUT2D eigenvalue weighted by atomic mass is 10.3. The monoisotopic (exact) mass is 247 g/mol. The highest BCUT2D eigenvalue weighted by molar-refractivity contribution is 9.10. The van der Waals surface area contributed by atoms with E-state index >= 15 is 0 Å². The van der Waals surface area contributed by atoms with Crippen LogP contribution in [0.2, 0.25) is 5.02 Å². The van der Waals surface area contributed by atoms with Crippen LogP contribution in [0, 0.1) is 0 Å². The number of carbonyl (C=O) groups is 1. The van der Waals surface area contributed by atoms with Gasteiger partial charge in [-0.2, -0.15) is 0 Å². The molecule has 1 rings (SSSR count). The Morgan fingerprint density at radius 1 is 1.58 bits per heavy atom. The Labute approximate surface area is 84.0 Å². The van der Waals surface area contributed by atoms with Crippen LogP contribution in [0.3, 0.4) is 0 Å². The van der Waals surface area contributed by atoms with Crippen LogP contribution >= 0.6 is 27.5 Å².